The van der Waals surface area contributed by atoms with Crippen LogP contribution in [0.3, 0.4) is 0 Å². The van der Waals surface area contributed by atoms with E-state index in [-0.39, 0.29) is 23.2 Å². The molecule has 0 aromatic heterocycles. The Labute approximate surface area is 230 Å². The number of hydrogen-bond acceptors (Lipinski definition) is 6. The van der Waals surface area contributed by atoms with Gasteiger partial charge in [-0.25, -0.2) is 8.42 Å². The standard InChI is InChI=1S/C25H30Cl2F3N3O4S/c1-24(17-5-8-20(26)21(27)13-17,10-12-33-11-9-19(14-22(33)31)38(2,35)36)23(34)32-15-16-3-6-18(7-4-16)37-25(28,29)30/h3-8,13,19,22H,9-12,14-15,31H2,1-2H3,(H,32,34). The maximum absolute atomic E-state index is 13.5. The molecule has 7 nitrogen and oxygen atoms in total. The predicted molar refractivity (Wildman–Crippen MR) is 141 cm³/mol. The summed E-state index contributed by atoms with van der Waals surface area (Å²) in [6.45, 7) is 2.73. The van der Waals surface area contributed by atoms with Crippen molar-refractivity contribution in [3.05, 3.63) is 63.6 Å². The second-order valence-corrected chi connectivity index (χ2v) is 12.8. The van der Waals surface area contributed by atoms with Crippen LogP contribution in [0.4, 0.5) is 13.2 Å². The smallest absolute Gasteiger partial charge is 0.406 e. The number of amides is 1. The maximum Gasteiger partial charge on any atom is 0.573 e. The molecule has 1 aliphatic heterocycles. The summed E-state index contributed by atoms with van der Waals surface area (Å²) in [6.07, 6.45) is -2.95. The number of alkyl halides is 3. The van der Waals surface area contributed by atoms with Gasteiger partial charge in [0, 0.05) is 25.9 Å². The molecule has 3 rings (SSSR count). The van der Waals surface area contributed by atoms with Gasteiger partial charge in [0.25, 0.3) is 0 Å². The number of carbonyl (C=O) groups is 1. The van der Waals surface area contributed by atoms with Gasteiger partial charge in [-0.05, 0) is 61.6 Å². The van der Waals surface area contributed by atoms with Gasteiger partial charge in [0.05, 0.1) is 26.9 Å². The van der Waals surface area contributed by atoms with E-state index < -0.39 is 33.0 Å². The van der Waals surface area contributed by atoms with Gasteiger partial charge in [0.1, 0.15) is 15.6 Å². The third kappa shape index (κ3) is 7.98. The van der Waals surface area contributed by atoms with E-state index in [0.29, 0.717) is 48.5 Å². The minimum atomic E-state index is -4.79. The number of benzene rings is 2. The van der Waals surface area contributed by atoms with Gasteiger partial charge >= 0.3 is 6.36 Å². The van der Waals surface area contributed by atoms with Crippen molar-refractivity contribution in [1.29, 1.82) is 0 Å². The van der Waals surface area contributed by atoms with Crippen LogP contribution >= 0.6 is 23.2 Å². The molecule has 1 aliphatic rings. The first kappa shape index (κ1) is 30.5. The van der Waals surface area contributed by atoms with Crippen molar-refractivity contribution >= 4 is 38.9 Å². The second kappa shape index (κ2) is 12.0. The zero-order valence-electron chi connectivity index (χ0n) is 20.9. The van der Waals surface area contributed by atoms with Crippen LogP contribution in [0.25, 0.3) is 0 Å². The number of likely N-dealkylation sites (tertiary alicyclic amines) is 1. The number of nitrogens with one attached hydrogen (secondary N) is 1. The molecule has 0 radical (unpaired) electrons. The van der Waals surface area contributed by atoms with Crippen molar-refractivity contribution in [1.82, 2.24) is 10.2 Å². The molecule has 38 heavy (non-hydrogen) atoms. The lowest BCUT2D eigenvalue weighted by Crippen LogP contribution is -2.53. The summed E-state index contributed by atoms with van der Waals surface area (Å²) in [5, 5.41) is 2.99. The minimum Gasteiger partial charge on any atom is -0.406 e. The highest BCUT2D eigenvalue weighted by molar-refractivity contribution is 7.91. The Bertz CT molecular complexity index is 1250. The Hall–Kier alpha value is -2.05. The third-order valence-corrected chi connectivity index (χ3v) is 9.26. The summed E-state index contributed by atoms with van der Waals surface area (Å²) >= 11 is 12.3. The highest BCUT2D eigenvalue weighted by Crippen LogP contribution is 2.34. The molecule has 1 fully saturated rings. The van der Waals surface area contributed by atoms with Crippen LogP contribution in [0.2, 0.25) is 10.0 Å². The molecule has 1 heterocycles. The number of carbonyl (C=O) groups excluding carboxylic acids is 1. The van der Waals surface area contributed by atoms with Crippen molar-refractivity contribution in [2.24, 2.45) is 5.73 Å². The molecule has 3 unspecified atom stereocenters. The van der Waals surface area contributed by atoms with Crippen LogP contribution in [-0.4, -0.2) is 56.3 Å². The average Bonchev–Trinajstić information content (AvgIpc) is 2.82. The Morgan fingerprint density at radius 3 is 2.37 bits per heavy atom. The quantitative estimate of drug-likeness (QED) is 0.437. The second-order valence-electron chi connectivity index (χ2n) is 9.66. The van der Waals surface area contributed by atoms with Gasteiger partial charge in [-0.1, -0.05) is 41.4 Å². The SMILES string of the molecule is CC(CCN1CCC(S(C)(=O)=O)CC1N)(C(=O)NCc1ccc(OC(F)(F)F)cc1)c1ccc(Cl)c(Cl)c1. The Kier molecular flexibility index (Phi) is 9.63. The molecule has 2 aromatic rings. The molecule has 0 saturated carbocycles. The maximum atomic E-state index is 13.5. The lowest BCUT2D eigenvalue weighted by atomic mass is 9.78. The minimum absolute atomic E-state index is 0.0707. The van der Waals surface area contributed by atoms with Crippen molar-refractivity contribution in [2.75, 3.05) is 19.3 Å². The molecule has 1 amide bonds. The molecular formula is C25H30Cl2F3N3O4S. The summed E-state index contributed by atoms with van der Waals surface area (Å²) < 4.78 is 65.0. The van der Waals surface area contributed by atoms with Gasteiger partial charge in [0.15, 0.2) is 0 Å². The monoisotopic (exact) mass is 595 g/mol. The van der Waals surface area contributed by atoms with Crippen LogP contribution in [0.15, 0.2) is 42.5 Å². The van der Waals surface area contributed by atoms with E-state index in [4.69, 9.17) is 28.9 Å². The summed E-state index contributed by atoms with van der Waals surface area (Å²) in [7, 11) is -3.20. The van der Waals surface area contributed by atoms with E-state index in [9.17, 15) is 26.4 Å². The normalized spacial score (nSPS) is 20.5. The van der Waals surface area contributed by atoms with E-state index >= 15 is 0 Å². The fourth-order valence-electron chi connectivity index (χ4n) is 4.46. The number of ether oxygens (including phenoxy) is 1. The number of piperidine rings is 1. The van der Waals surface area contributed by atoms with E-state index in [1.54, 1.807) is 25.1 Å². The first-order valence-electron chi connectivity index (χ1n) is 11.9. The molecular weight excluding hydrogens is 566 g/mol. The third-order valence-electron chi connectivity index (χ3n) is 6.88. The zero-order valence-corrected chi connectivity index (χ0v) is 23.2. The molecule has 0 aliphatic carbocycles. The lowest BCUT2D eigenvalue weighted by Gasteiger charge is -2.39. The molecule has 210 valence electrons. The summed E-state index contributed by atoms with van der Waals surface area (Å²) in [6, 6.07) is 10.2. The van der Waals surface area contributed by atoms with Gasteiger partial charge < -0.3 is 15.8 Å². The van der Waals surface area contributed by atoms with Gasteiger partial charge in [-0.15, -0.1) is 13.2 Å². The fourth-order valence-corrected chi connectivity index (χ4v) is 5.84. The van der Waals surface area contributed by atoms with Crippen molar-refractivity contribution in [3.63, 3.8) is 0 Å². The van der Waals surface area contributed by atoms with Crippen LogP contribution in [0.5, 0.6) is 5.75 Å². The number of nitrogens with two attached hydrogens (primary N) is 1. The van der Waals surface area contributed by atoms with Crippen LogP contribution < -0.4 is 15.8 Å². The fraction of sp³-hybridized carbons (Fsp3) is 0.480. The van der Waals surface area contributed by atoms with E-state index in [1.165, 1.54) is 30.5 Å². The average molecular weight is 596 g/mol. The van der Waals surface area contributed by atoms with Crippen LogP contribution in [0.1, 0.15) is 37.3 Å². The molecule has 2 aromatic carbocycles. The van der Waals surface area contributed by atoms with Gasteiger partial charge in [0.2, 0.25) is 5.91 Å². The highest BCUT2D eigenvalue weighted by atomic mass is 35.5. The van der Waals surface area contributed by atoms with Crippen molar-refractivity contribution in [2.45, 2.75) is 55.9 Å². The highest BCUT2D eigenvalue weighted by Gasteiger charge is 2.38. The molecule has 0 bridgehead atoms. The first-order valence-corrected chi connectivity index (χ1v) is 14.6. The van der Waals surface area contributed by atoms with Crippen LogP contribution in [-0.2, 0) is 26.6 Å². The van der Waals surface area contributed by atoms with Crippen molar-refractivity contribution in [3.8, 4) is 5.75 Å². The summed E-state index contributed by atoms with van der Waals surface area (Å²) in [5.41, 5.74) is 6.41. The summed E-state index contributed by atoms with van der Waals surface area (Å²) in [4.78, 5) is 15.5. The van der Waals surface area contributed by atoms with Crippen LogP contribution in [0, 0.1) is 0 Å². The largest absolute Gasteiger partial charge is 0.573 e. The summed E-state index contributed by atoms with van der Waals surface area (Å²) in [5.74, 6) is -0.685. The number of rotatable bonds is 9. The Morgan fingerprint density at radius 1 is 1.16 bits per heavy atom. The number of halogens is 5. The molecule has 3 N–H and O–H groups in total. The van der Waals surface area contributed by atoms with Gasteiger partial charge in [-0.2, -0.15) is 0 Å². The van der Waals surface area contributed by atoms with Crippen molar-refractivity contribution < 1.29 is 31.1 Å². The zero-order chi connectivity index (χ0) is 28.3. The van der Waals surface area contributed by atoms with E-state index in [2.05, 4.69) is 10.1 Å². The van der Waals surface area contributed by atoms with E-state index in [1.807, 2.05) is 4.90 Å². The first-order chi connectivity index (χ1) is 17.6. The molecule has 1 saturated heterocycles. The number of hydrogen-bond donors (Lipinski definition) is 2. The predicted octanol–water partition coefficient (Wildman–Crippen LogP) is 4.65. The van der Waals surface area contributed by atoms with E-state index in [0.717, 1.165) is 0 Å². The van der Waals surface area contributed by atoms with Gasteiger partial charge in [-0.3, -0.25) is 9.69 Å². The topological polar surface area (TPSA) is 102 Å². The number of sulfone groups is 1. The molecule has 13 heteroatoms. The molecule has 0 spiro atoms. The lowest BCUT2D eigenvalue weighted by molar-refractivity contribution is -0.274. The number of nitrogens with zero attached hydrogens (tertiary/aromatic N) is 1. The Morgan fingerprint density at radius 2 is 1.82 bits per heavy atom. The Balaban J connectivity index is 1.74. The molecule has 3 atom stereocenters.